The maximum Gasteiger partial charge on any atom is 0.226 e. The van der Waals surface area contributed by atoms with E-state index >= 15 is 0 Å². The number of hydrogen-bond acceptors (Lipinski definition) is 5. The highest BCUT2D eigenvalue weighted by Crippen LogP contribution is 2.37. The zero-order chi connectivity index (χ0) is 18.5. The first-order valence-corrected chi connectivity index (χ1v) is 10.6. The van der Waals surface area contributed by atoms with Gasteiger partial charge in [0.05, 0.1) is 18.3 Å². The van der Waals surface area contributed by atoms with Gasteiger partial charge in [-0.25, -0.2) is 0 Å². The number of thiophene rings is 1. The second-order valence-corrected chi connectivity index (χ2v) is 8.48. The molecule has 1 saturated heterocycles. The van der Waals surface area contributed by atoms with Gasteiger partial charge in [-0.1, -0.05) is 13.3 Å². The summed E-state index contributed by atoms with van der Waals surface area (Å²) >= 11 is 1.61. The van der Waals surface area contributed by atoms with Crippen molar-refractivity contribution in [3.63, 3.8) is 0 Å². The van der Waals surface area contributed by atoms with Crippen LogP contribution in [0.4, 0.5) is 5.00 Å². The highest BCUT2D eigenvalue weighted by atomic mass is 32.1. The number of amides is 1. The van der Waals surface area contributed by atoms with Gasteiger partial charge in [-0.15, -0.1) is 11.3 Å². The van der Waals surface area contributed by atoms with Gasteiger partial charge in [0.15, 0.2) is 0 Å². The first kappa shape index (κ1) is 19.3. The zero-order valence-electron chi connectivity index (χ0n) is 15.8. The summed E-state index contributed by atoms with van der Waals surface area (Å²) < 4.78 is 5.72. The molecule has 1 aliphatic heterocycles. The molecule has 1 fully saturated rings. The lowest BCUT2D eigenvalue weighted by atomic mass is 10.1. The van der Waals surface area contributed by atoms with Crippen LogP contribution in [-0.2, 0) is 22.4 Å². The Bertz CT molecular complexity index is 679. The van der Waals surface area contributed by atoms with Crippen molar-refractivity contribution in [3.8, 4) is 6.07 Å². The lowest BCUT2D eigenvalue weighted by Crippen LogP contribution is -2.49. The molecule has 2 heterocycles. The van der Waals surface area contributed by atoms with E-state index in [1.807, 2.05) is 0 Å². The lowest BCUT2D eigenvalue weighted by Gasteiger charge is -2.38. The molecule has 142 valence electrons. The van der Waals surface area contributed by atoms with Gasteiger partial charge < -0.3 is 10.1 Å². The molecule has 2 unspecified atom stereocenters. The van der Waals surface area contributed by atoms with E-state index in [4.69, 9.17) is 4.74 Å². The summed E-state index contributed by atoms with van der Waals surface area (Å²) in [6, 6.07) is 2.73. The van der Waals surface area contributed by atoms with Crippen molar-refractivity contribution in [2.45, 2.75) is 70.9 Å². The van der Waals surface area contributed by atoms with E-state index in [1.54, 1.807) is 11.3 Å². The Hall–Kier alpha value is -1.42. The molecular weight excluding hydrogens is 346 g/mol. The van der Waals surface area contributed by atoms with Crippen LogP contribution in [0.5, 0.6) is 0 Å². The molecule has 0 saturated carbocycles. The highest BCUT2D eigenvalue weighted by Gasteiger charge is 2.26. The number of nitrogens with one attached hydrogen (secondary N) is 1. The summed E-state index contributed by atoms with van der Waals surface area (Å²) in [6.45, 7) is 6.61. The second-order valence-electron chi connectivity index (χ2n) is 7.38. The largest absolute Gasteiger partial charge is 0.376 e. The summed E-state index contributed by atoms with van der Waals surface area (Å²) in [4.78, 5) is 16.2. The number of anilines is 1. The van der Waals surface area contributed by atoms with Crippen molar-refractivity contribution in [1.82, 2.24) is 4.90 Å². The molecule has 2 aliphatic rings. The Morgan fingerprint density at radius 3 is 2.96 bits per heavy atom. The van der Waals surface area contributed by atoms with Crippen LogP contribution in [0, 0.1) is 11.3 Å². The number of nitrogens with zero attached hydrogens (tertiary/aromatic N) is 2. The number of fused-ring (bicyclic) bond motifs is 1. The molecule has 3 rings (SSSR count). The predicted molar refractivity (Wildman–Crippen MR) is 105 cm³/mol. The summed E-state index contributed by atoms with van der Waals surface area (Å²) in [6.07, 6.45) is 7.26. The summed E-state index contributed by atoms with van der Waals surface area (Å²) in [5.41, 5.74) is 1.88. The number of ether oxygens (including phenoxy) is 1. The smallest absolute Gasteiger partial charge is 0.226 e. The molecular formula is C20H29N3O2S. The Morgan fingerprint density at radius 2 is 2.19 bits per heavy atom. The van der Waals surface area contributed by atoms with Gasteiger partial charge in [0.25, 0.3) is 0 Å². The summed E-state index contributed by atoms with van der Waals surface area (Å²) in [5.74, 6) is 0.00640. The first-order valence-electron chi connectivity index (χ1n) is 9.82. The molecule has 6 heteroatoms. The van der Waals surface area contributed by atoms with E-state index in [-0.39, 0.29) is 12.0 Å². The molecule has 1 aromatic heterocycles. The van der Waals surface area contributed by atoms with Crippen molar-refractivity contribution in [3.05, 3.63) is 16.0 Å². The minimum atomic E-state index is 0.00640. The van der Waals surface area contributed by atoms with Gasteiger partial charge in [-0.3, -0.25) is 9.69 Å². The molecule has 0 radical (unpaired) electrons. The lowest BCUT2D eigenvalue weighted by molar-refractivity contribution is -0.117. The van der Waals surface area contributed by atoms with Gasteiger partial charge >= 0.3 is 0 Å². The third-order valence-corrected chi connectivity index (χ3v) is 6.67. The highest BCUT2D eigenvalue weighted by molar-refractivity contribution is 7.16. The third kappa shape index (κ3) is 4.46. The SMILES string of the molecule is CCC1COC(C)CN1CCC(=O)Nc1sc2c(c1C#N)CCCCC2. The molecule has 1 aliphatic carbocycles. The van der Waals surface area contributed by atoms with Crippen molar-refractivity contribution in [2.75, 3.05) is 25.0 Å². The number of hydrogen-bond donors (Lipinski definition) is 1. The van der Waals surface area contributed by atoms with E-state index < -0.39 is 0 Å². The summed E-state index contributed by atoms with van der Waals surface area (Å²) in [7, 11) is 0. The fourth-order valence-corrected chi connectivity index (χ4v) is 5.20. The van der Waals surface area contributed by atoms with E-state index in [1.165, 1.54) is 23.3 Å². The fourth-order valence-electron chi connectivity index (χ4n) is 3.95. The van der Waals surface area contributed by atoms with E-state index in [0.29, 0.717) is 18.0 Å². The number of nitriles is 1. The van der Waals surface area contributed by atoms with E-state index in [9.17, 15) is 10.1 Å². The number of morpholine rings is 1. The Balaban J connectivity index is 1.61. The number of aryl methyl sites for hydroxylation is 1. The quantitative estimate of drug-likeness (QED) is 0.797. The molecule has 26 heavy (non-hydrogen) atoms. The normalized spacial score (nSPS) is 23.7. The number of carbonyl (C=O) groups excluding carboxylic acids is 1. The summed E-state index contributed by atoms with van der Waals surface area (Å²) in [5, 5.41) is 13.4. The first-order chi connectivity index (χ1) is 12.6. The van der Waals surface area contributed by atoms with Crippen LogP contribution >= 0.6 is 11.3 Å². The maximum atomic E-state index is 12.5. The third-order valence-electron chi connectivity index (χ3n) is 5.46. The van der Waals surface area contributed by atoms with Crippen LogP contribution in [0.25, 0.3) is 0 Å². The Morgan fingerprint density at radius 1 is 1.38 bits per heavy atom. The molecule has 1 N–H and O–H groups in total. The zero-order valence-corrected chi connectivity index (χ0v) is 16.7. The van der Waals surface area contributed by atoms with Gasteiger partial charge in [0.1, 0.15) is 11.1 Å². The molecule has 1 aromatic rings. The van der Waals surface area contributed by atoms with Crippen LogP contribution in [0.2, 0.25) is 0 Å². The van der Waals surface area contributed by atoms with E-state index in [2.05, 4.69) is 30.1 Å². The number of carbonyl (C=O) groups is 1. The molecule has 0 aromatic carbocycles. The van der Waals surface area contributed by atoms with Crippen molar-refractivity contribution in [1.29, 1.82) is 5.26 Å². The minimum absolute atomic E-state index is 0.00640. The molecule has 1 amide bonds. The molecule has 0 spiro atoms. The monoisotopic (exact) mass is 375 g/mol. The molecule has 2 atom stereocenters. The van der Waals surface area contributed by atoms with Crippen LogP contribution in [0.3, 0.4) is 0 Å². The van der Waals surface area contributed by atoms with Crippen LogP contribution in [0.15, 0.2) is 0 Å². The molecule has 0 bridgehead atoms. The Kier molecular flexibility index (Phi) is 6.68. The Labute approximate surface area is 160 Å². The fraction of sp³-hybridized carbons (Fsp3) is 0.700. The van der Waals surface area contributed by atoms with E-state index in [0.717, 1.165) is 50.4 Å². The average molecular weight is 376 g/mol. The van der Waals surface area contributed by atoms with Crippen molar-refractivity contribution in [2.24, 2.45) is 0 Å². The van der Waals surface area contributed by atoms with Gasteiger partial charge in [0.2, 0.25) is 5.91 Å². The van der Waals surface area contributed by atoms with Crippen molar-refractivity contribution >= 4 is 22.2 Å². The second kappa shape index (κ2) is 8.98. The maximum absolute atomic E-state index is 12.5. The predicted octanol–water partition coefficient (Wildman–Crippen LogP) is 3.72. The van der Waals surface area contributed by atoms with Gasteiger partial charge in [-0.05, 0) is 44.6 Å². The van der Waals surface area contributed by atoms with Crippen LogP contribution in [-0.4, -0.2) is 42.6 Å². The average Bonchev–Trinajstić information content (AvgIpc) is 2.79. The number of rotatable bonds is 5. The van der Waals surface area contributed by atoms with Crippen molar-refractivity contribution < 1.29 is 9.53 Å². The standard InChI is InChI=1S/C20H29N3O2S/c1-3-15-13-25-14(2)12-23(15)10-9-19(24)22-20-17(11-21)16-7-5-4-6-8-18(16)26-20/h14-15H,3-10,12-13H2,1-2H3,(H,22,24). The van der Waals surface area contributed by atoms with Gasteiger partial charge in [-0.2, -0.15) is 5.26 Å². The van der Waals surface area contributed by atoms with Crippen LogP contribution in [0.1, 0.15) is 62.0 Å². The van der Waals surface area contributed by atoms with Gasteiger partial charge in [0, 0.05) is 30.4 Å². The minimum Gasteiger partial charge on any atom is -0.376 e. The topological polar surface area (TPSA) is 65.4 Å². The molecule has 5 nitrogen and oxygen atoms in total. The van der Waals surface area contributed by atoms with Crippen LogP contribution < -0.4 is 5.32 Å².